The van der Waals surface area contributed by atoms with Gasteiger partial charge in [0.05, 0.1) is 22.6 Å². The fraction of sp³-hybridized carbons (Fsp3) is 0.0943. The third-order valence-electron chi connectivity index (χ3n) is 12.3. The van der Waals surface area contributed by atoms with Crippen molar-refractivity contribution in [3.05, 3.63) is 192 Å². The summed E-state index contributed by atoms with van der Waals surface area (Å²) in [4.78, 5) is 11.9. The van der Waals surface area contributed by atoms with Gasteiger partial charge in [-0.25, -0.2) is 9.97 Å². The van der Waals surface area contributed by atoms with E-state index in [1.165, 1.54) is 77.5 Å². The van der Waals surface area contributed by atoms with Crippen molar-refractivity contribution in [3.63, 3.8) is 0 Å². The van der Waals surface area contributed by atoms with E-state index in [2.05, 4.69) is 186 Å². The minimum Gasteiger partial charge on any atom is -0.368 e. The minimum atomic E-state index is 0.183. The van der Waals surface area contributed by atoms with E-state index in [1.807, 2.05) is 11.8 Å². The Morgan fingerprint density at radius 2 is 1.36 bits per heavy atom. The molecule has 2 atom stereocenters. The molecule has 0 radical (unpaired) electrons. The quantitative estimate of drug-likeness (QED) is 0.177. The van der Waals surface area contributed by atoms with E-state index in [4.69, 9.17) is 9.97 Å². The molecule has 0 spiro atoms. The lowest BCUT2D eigenvalue weighted by molar-refractivity contribution is 0.547. The molecular weight excluding hydrogens is 725 g/mol. The molecule has 2 aromatic heterocycles. The molecule has 7 aromatic carbocycles. The second-order valence-corrected chi connectivity index (χ2v) is 16.9. The molecule has 0 saturated heterocycles. The highest BCUT2D eigenvalue weighted by atomic mass is 32.2. The predicted molar refractivity (Wildman–Crippen MR) is 242 cm³/mol. The summed E-state index contributed by atoms with van der Waals surface area (Å²) in [7, 11) is 0. The lowest BCUT2D eigenvalue weighted by atomic mass is 9.80. The summed E-state index contributed by atoms with van der Waals surface area (Å²) in [6.07, 6.45) is 10.5. The molecule has 276 valence electrons. The molecule has 9 aromatic rings. The van der Waals surface area contributed by atoms with Crippen molar-refractivity contribution in [1.29, 1.82) is 0 Å². The average Bonchev–Trinajstić information content (AvgIpc) is 3.88. The molecule has 3 heterocycles. The van der Waals surface area contributed by atoms with Crippen LogP contribution in [0.15, 0.2) is 180 Å². The van der Waals surface area contributed by atoms with Crippen LogP contribution in [0.1, 0.15) is 35.0 Å². The number of nitrogens with one attached hydrogen (secondary N) is 1. The van der Waals surface area contributed by atoms with E-state index in [0.29, 0.717) is 11.7 Å². The molecule has 0 bridgehead atoms. The van der Waals surface area contributed by atoms with Crippen LogP contribution in [-0.4, -0.2) is 14.5 Å². The maximum Gasteiger partial charge on any atom is 0.160 e. The van der Waals surface area contributed by atoms with Crippen molar-refractivity contribution in [1.82, 2.24) is 14.5 Å². The highest BCUT2D eigenvalue weighted by Gasteiger charge is 2.28. The van der Waals surface area contributed by atoms with Crippen molar-refractivity contribution in [3.8, 4) is 39.6 Å². The number of anilines is 1. The number of aromatic nitrogens is 3. The van der Waals surface area contributed by atoms with Crippen LogP contribution in [0.5, 0.6) is 0 Å². The number of nitrogens with zero attached hydrogens (tertiary/aromatic N) is 3. The van der Waals surface area contributed by atoms with E-state index >= 15 is 0 Å². The first-order valence-corrected chi connectivity index (χ1v) is 21.1. The van der Waals surface area contributed by atoms with Gasteiger partial charge in [0, 0.05) is 49.3 Å². The summed E-state index contributed by atoms with van der Waals surface area (Å²) in [5, 5.41) is 10.2. The summed E-state index contributed by atoms with van der Waals surface area (Å²) >= 11 is 1.89. The normalized spacial score (nSPS) is 16.9. The summed E-state index contributed by atoms with van der Waals surface area (Å²) in [5.41, 5.74) is 14.0. The van der Waals surface area contributed by atoms with Gasteiger partial charge in [-0.05, 0) is 94.9 Å². The lowest BCUT2D eigenvalue weighted by Gasteiger charge is -2.26. The molecule has 0 fully saturated rings. The lowest BCUT2D eigenvalue weighted by Crippen LogP contribution is -2.16. The van der Waals surface area contributed by atoms with Crippen LogP contribution in [0.2, 0.25) is 0 Å². The topological polar surface area (TPSA) is 42.7 Å². The van der Waals surface area contributed by atoms with E-state index in [1.54, 1.807) is 0 Å². The zero-order valence-electron chi connectivity index (χ0n) is 31.8. The minimum absolute atomic E-state index is 0.183. The van der Waals surface area contributed by atoms with Gasteiger partial charge in [-0.15, -0.1) is 0 Å². The third-order valence-corrected chi connectivity index (χ3v) is 13.5. The van der Waals surface area contributed by atoms with Gasteiger partial charge in [0.25, 0.3) is 0 Å². The smallest absolute Gasteiger partial charge is 0.160 e. The van der Waals surface area contributed by atoms with Gasteiger partial charge < -0.3 is 9.88 Å². The van der Waals surface area contributed by atoms with Crippen LogP contribution in [-0.2, 0) is 6.42 Å². The zero-order valence-corrected chi connectivity index (χ0v) is 32.6. The van der Waals surface area contributed by atoms with Gasteiger partial charge in [0.2, 0.25) is 0 Å². The van der Waals surface area contributed by atoms with Gasteiger partial charge in [0.15, 0.2) is 5.82 Å². The number of fused-ring (bicyclic) bond motifs is 9. The van der Waals surface area contributed by atoms with Crippen LogP contribution < -0.4 is 5.32 Å². The van der Waals surface area contributed by atoms with Gasteiger partial charge in [0.1, 0.15) is 5.37 Å². The Bertz CT molecular complexity index is 3150. The van der Waals surface area contributed by atoms with Crippen molar-refractivity contribution in [2.75, 3.05) is 5.32 Å². The molecule has 0 saturated carbocycles. The monoisotopic (exact) mass is 762 g/mol. The first-order chi connectivity index (χ1) is 28.7. The number of benzene rings is 7. The van der Waals surface area contributed by atoms with Crippen LogP contribution in [0, 0.1) is 5.92 Å². The van der Waals surface area contributed by atoms with E-state index in [-0.39, 0.29) is 5.37 Å². The Labute approximate surface area is 341 Å². The van der Waals surface area contributed by atoms with Crippen LogP contribution >= 0.6 is 11.8 Å². The van der Waals surface area contributed by atoms with E-state index in [0.717, 1.165) is 40.9 Å². The molecule has 12 rings (SSSR count). The van der Waals surface area contributed by atoms with Crippen molar-refractivity contribution < 1.29 is 0 Å². The Hall–Kier alpha value is -6.69. The van der Waals surface area contributed by atoms with E-state index in [9.17, 15) is 0 Å². The molecule has 58 heavy (non-hydrogen) atoms. The number of para-hydroxylation sites is 1. The second-order valence-electron chi connectivity index (χ2n) is 15.7. The van der Waals surface area contributed by atoms with Gasteiger partial charge >= 0.3 is 0 Å². The molecule has 5 heteroatoms. The second kappa shape index (κ2) is 13.5. The van der Waals surface area contributed by atoms with Crippen LogP contribution in [0.25, 0.3) is 78.1 Å². The Morgan fingerprint density at radius 1 is 0.638 bits per heavy atom. The molecular formula is C53H38N4S. The molecule has 2 unspecified atom stereocenters. The zero-order chi connectivity index (χ0) is 38.2. The fourth-order valence-corrected chi connectivity index (χ4v) is 10.6. The van der Waals surface area contributed by atoms with Gasteiger partial charge in [-0.3, -0.25) is 0 Å². The van der Waals surface area contributed by atoms with Crippen molar-refractivity contribution >= 4 is 56.0 Å². The Balaban J connectivity index is 1.00. The van der Waals surface area contributed by atoms with Gasteiger partial charge in [-0.2, -0.15) is 0 Å². The van der Waals surface area contributed by atoms with Crippen LogP contribution in [0.3, 0.4) is 0 Å². The van der Waals surface area contributed by atoms with Gasteiger partial charge in [-0.1, -0.05) is 145 Å². The maximum atomic E-state index is 5.36. The number of allylic oxidation sites excluding steroid dienone is 3. The number of hydrogen-bond acceptors (Lipinski definition) is 4. The summed E-state index contributed by atoms with van der Waals surface area (Å²) in [5.74, 6) is 1.27. The molecule has 4 nitrogen and oxygen atoms in total. The Morgan fingerprint density at radius 3 is 2.21 bits per heavy atom. The maximum absolute atomic E-state index is 5.36. The first kappa shape index (κ1) is 33.4. The highest BCUT2D eigenvalue weighted by molar-refractivity contribution is 8.00. The predicted octanol–water partition coefficient (Wildman–Crippen LogP) is 13.8. The number of thioether (sulfide) groups is 1. The fourth-order valence-electron chi connectivity index (χ4n) is 9.43. The van der Waals surface area contributed by atoms with Crippen LogP contribution in [0.4, 0.5) is 5.69 Å². The number of rotatable bonds is 5. The average molecular weight is 763 g/mol. The van der Waals surface area contributed by atoms with E-state index < -0.39 is 0 Å². The summed E-state index contributed by atoms with van der Waals surface area (Å²) in [6, 6.07) is 56.8. The van der Waals surface area contributed by atoms with Crippen molar-refractivity contribution in [2.24, 2.45) is 5.92 Å². The standard InChI is InChI=1S/C53H38N4S/c1-4-12-33(13-5-1)45-32-46(39-22-26-43-44-29-36-16-10-11-17-37(36)30-48(44)57(47(43)31-39)41-18-8-3-9-19-41)55-52(54-45)40-23-25-42-38(28-40)21-20-34-24-27-49-51(50(34)42)56-53(58-49)35-14-6-2-7-15-35/h1-10,12-16,18-29,31-32,37,53,56H,11,17,30H2. The first-order valence-electron chi connectivity index (χ1n) is 20.3. The summed E-state index contributed by atoms with van der Waals surface area (Å²) in [6.45, 7) is 0. The SMILES string of the molecule is C1=CC2=Cc3c(n(-c4ccccc4)c4cc(-c5cc(-c6ccccc6)nc(-c6ccc7c(ccc8ccc9c(c87)NC(c7ccccc7)S9)c6)n5)ccc34)CC2CC1. The Kier molecular flexibility index (Phi) is 7.77. The summed E-state index contributed by atoms with van der Waals surface area (Å²) < 4.78 is 2.50. The molecule has 3 aliphatic rings. The molecule has 1 N–H and O–H groups in total. The largest absolute Gasteiger partial charge is 0.368 e. The molecule has 2 aliphatic carbocycles. The molecule has 0 amide bonds. The van der Waals surface area contributed by atoms with Crippen molar-refractivity contribution in [2.45, 2.75) is 29.5 Å². The molecule has 1 aliphatic heterocycles. The number of hydrogen-bond donors (Lipinski definition) is 1. The third kappa shape index (κ3) is 5.53. The highest BCUT2D eigenvalue weighted by Crippen LogP contribution is 2.51.